The minimum absolute atomic E-state index is 0.0498. The lowest BCUT2D eigenvalue weighted by molar-refractivity contribution is -0.436. The Kier molecular flexibility index (Phi) is 6.41. The van der Waals surface area contributed by atoms with Crippen LogP contribution in [0, 0.1) is 0 Å². The van der Waals surface area contributed by atoms with Crippen LogP contribution >= 0.6 is 0 Å². The molecular formula is C29H33N2O4+. The highest BCUT2D eigenvalue weighted by Crippen LogP contribution is 2.47. The molecule has 0 fully saturated rings. The van der Waals surface area contributed by atoms with Crippen molar-refractivity contribution < 1.29 is 24.4 Å². The summed E-state index contributed by atoms with van der Waals surface area (Å²) in [7, 11) is 0. The van der Waals surface area contributed by atoms with Crippen molar-refractivity contribution in [1.82, 2.24) is 0 Å². The molecule has 6 nitrogen and oxygen atoms in total. The molecule has 2 aromatic carbocycles. The molecule has 0 radical (unpaired) electrons. The van der Waals surface area contributed by atoms with Crippen LogP contribution in [-0.2, 0) is 20.4 Å². The normalized spacial score (nSPS) is 18.9. The Hall–Kier alpha value is -3.67. The molecule has 182 valence electrons. The molecular weight excluding hydrogens is 440 g/mol. The number of anilines is 1. The zero-order chi connectivity index (χ0) is 25.4. The molecule has 0 aliphatic carbocycles. The summed E-state index contributed by atoms with van der Waals surface area (Å²) in [6, 6.07) is 16.3. The molecule has 0 amide bonds. The van der Waals surface area contributed by atoms with E-state index in [0.717, 1.165) is 22.8 Å². The number of hydrogen-bond acceptors (Lipinski definition) is 3. The van der Waals surface area contributed by atoms with Crippen LogP contribution in [0.3, 0.4) is 0 Å². The summed E-state index contributed by atoms with van der Waals surface area (Å²) in [4.78, 5) is 24.8. The number of nitrogens with zero attached hydrogens (tertiary/aromatic N) is 2. The molecule has 0 atom stereocenters. The van der Waals surface area contributed by atoms with Crippen LogP contribution in [-0.4, -0.2) is 45.5 Å². The van der Waals surface area contributed by atoms with Crippen LogP contribution in [0.5, 0.6) is 0 Å². The molecule has 0 saturated heterocycles. The van der Waals surface area contributed by atoms with E-state index in [9.17, 15) is 19.8 Å². The summed E-state index contributed by atoms with van der Waals surface area (Å²) in [5.41, 5.74) is 5.97. The van der Waals surface area contributed by atoms with Gasteiger partial charge in [0.05, 0.1) is 11.8 Å². The second-order valence-corrected chi connectivity index (χ2v) is 10.2. The first-order valence-electron chi connectivity index (χ1n) is 12.0. The number of hydrogen-bond donors (Lipinski definition) is 2. The Bertz CT molecular complexity index is 1270. The highest BCUT2D eigenvalue weighted by Gasteiger charge is 2.44. The van der Waals surface area contributed by atoms with Crippen LogP contribution < -0.4 is 4.90 Å². The second kappa shape index (κ2) is 9.17. The van der Waals surface area contributed by atoms with Crippen LogP contribution in [0.1, 0.15) is 51.7 Å². The van der Waals surface area contributed by atoms with Crippen LogP contribution in [0.4, 0.5) is 11.4 Å². The smallest absolute Gasteiger partial charge is 0.309 e. The highest BCUT2D eigenvalue weighted by molar-refractivity contribution is 6.03. The van der Waals surface area contributed by atoms with Gasteiger partial charge in [-0.05, 0) is 31.6 Å². The lowest BCUT2D eigenvalue weighted by atomic mass is 9.81. The predicted octanol–water partition coefficient (Wildman–Crippen LogP) is 5.25. The van der Waals surface area contributed by atoms with Gasteiger partial charge in [0.1, 0.15) is 6.42 Å². The Balaban J connectivity index is 1.75. The van der Waals surface area contributed by atoms with E-state index in [1.807, 2.05) is 42.5 Å². The Morgan fingerprint density at radius 2 is 1.51 bits per heavy atom. The van der Waals surface area contributed by atoms with Crippen molar-refractivity contribution in [2.75, 3.05) is 18.0 Å². The SMILES string of the molecule is CC1(C)C(/C=C/C=C2/N(CCC(=O)O)c3ccccc3C2(C)C)=[N+](CCC(=O)O)c2ccccc21. The standard InChI is InChI=1S/C29H32N2O4/c1-28(2)20-10-5-7-12-22(20)30(18-16-26(32)33)24(28)14-9-15-25-29(3,4)21-11-6-8-13-23(21)31(25)19-17-27(34)35/h5-15H,16-19H2,1-4H3,(H-,32,33,34,35)/p+1. The molecule has 0 aromatic heterocycles. The molecule has 4 rings (SSSR count). The molecule has 2 aromatic rings. The zero-order valence-electron chi connectivity index (χ0n) is 20.8. The first-order chi connectivity index (χ1) is 16.5. The minimum Gasteiger partial charge on any atom is -0.481 e. The minimum atomic E-state index is -0.822. The van der Waals surface area contributed by atoms with Crippen LogP contribution in [0.2, 0.25) is 0 Å². The lowest BCUT2D eigenvalue weighted by Crippen LogP contribution is -2.29. The summed E-state index contributed by atoms with van der Waals surface area (Å²) in [5, 5.41) is 18.6. The summed E-state index contributed by atoms with van der Waals surface area (Å²) < 4.78 is 2.11. The number of carboxylic acid groups (broad SMARTS) is 2. The molecule has 2 heterocycles. The summed E-state index contributed by atoms with van der Waals surface area (Å²) >= 11 is 0. The molecule has 0 saturated carbocycles. The molecule has 2 aliphatic rings. The monoisotopic (exact) mass is 473 g/mol. The van der Waals surface area contributed by atoms with E-state index in [1.165, 1.54) is 11.1 Å². The molecule has 2 aliphatic heterocycles. The van der Waals surface area contributed by atoms with Crippen molar-refractivity contribution in [2.24, 2.45) is 0 Å². The number of para-hydroxylation sites is 2. The van der Waals surface area contributed by atoms with Gasteiger partial charge in [-0.15, -0.1) is 0 Å². The van der Waals surface area contributed by atoms with Crippen molar-refractivity contribution in [1.29, 1.82) is 0 Å². The third-order valence-electron chi connectivity index (χ3n) is 7.21. The van der Waals surface area contributed by atoms with Gasteiger partial charge < -0.3 is 15.1 Å². The molecule has 2 N–H and O–H groups in total. The Morgan fingerprint density at radius 1 is 0.886 bits per heavy atom. The number of carboxylic acids is 2. The zero-order valence-corrected chi connectivity index (χ0v) is 20.8. The van der Waals surface area contributed by atoms with Crippen molar-refractivity contribution in [3.05, 3.63) is 83.6 Å². The number of aliphatic carboxylic acids is 2. The Morgan fingerprint density at radius 3 is 2.20 bits per heavy atom. The average Bonchev–Trinajstić information content (AvgIpc) is 3.15. The highest BCUT2D eigenvalue weighted by atomic mass is 16.4. The number of rotatable bonds is 8. The maximum atomic E-state index is 11.3. The molecule has 35 heavy (non-hydrogen) atoms. The van der Waals surface area contributed by atoms with E-state index in [2.05, 4.69) is 61.5 Å². The van der Waals surface area contributed by atoms with E-state index in [4.69, 9.17) is 0 Å². The van der Waals surface area contributed by atoms with Gasteiger partial charge in [0, 0.05) is 41.1 Å². The fourth-order valence-corrected chi connectivity index (χ4v) is 5.41. The van der Waals surface area contributed by atoms with E-state index < -0.39 is 11.9 Å². The average molecular weight is 474 g/mol. The molecule has 6 heteroatoms. The fraction of sp³-hybridized carbons (Fsp3) is 0.345. The summed E-state index contributed by atoms with van der Waals surface area (Å²) in [5.74, 6) is -1.64. The number of carbonyl (C=O) groups is 2. The third-order valence-corrected chi connectivity index (χ3v) is 7.21. The summed E-state index contributed by atoms with van der Waals surface area (Å²) in [6.45, 7) is 9.44. The van der Waals surface area contributed by atoms with Gasteiger partial charge in [-0.3, -0.25) is 9.59 Å². The largest absolute Gasteiger partial charge is 0.481 e. The maximum absolute atomic E-state index is 11.3. The first-order valence-corrected chi connectivity index (χ1v) is 12.0. The second-order valence-electron chi connectivity index (χ2n) is 10.2. The van der Waals surface area contributed by atoms with E-state index in [1.54, 1.807) is 0 Å². The quantitative estimate of drug-likeness (QED) is 0.512. The fourth-order valence-electron chi connectivity index (χ4n) is 5.41. The predicted molar refractivity (Wildman–Crippen MR) is 138 cm³/mol. The number of benzene rings is 2. The van der Waals surface area contributed by atoms with Gasteiger partial charge >= 0.3 is 11.9 Å². The maximum Gasteiger partial charge on any atom is 0.309 e. The number of fused-ring (bicyclic) bond motifs is 2. The Labute approximate surface area is 206 Å². The third kappa shape index (κ3) is 4.41. The van der Waals surface area contributed by atoms with Crippen LogP contribution in [0.25, 0.3) is 0 Å². The van der Waals surface area contributed by atoms with Gasteiger partial charge in [0.25, 0.3) is 0 Å². The molecule has 0 spiro atoms. The summed E-state index contributed by atoms with van der Waals surface area (Å²) in [6.07, 6.45) is 6.27. The van der Waals surface area contributed by atoms with Crippen molar-refractivity contribution in [3.63, 3.8) is 0 Å². The lowest BCUT2D eigenvalue weighted by Gasteiger charge is -2.26. The van der Waals surface area contributed by atoms with Crippen LogP contribution in [0.15, 0.2) is 72.5 Å². The molecule has 0 unspecified atom stereocenters. The van der Waals surface area contributed by atoms with E-state index in [0.29, 0.717) is 13.1 Å². The van der Waals surface area contributed by atoms with E-state index >= 15 is 0 Å². The van der Waals surface area contributed by atoms with Gasteiger partial charge in [-0.2, -0.15) is 4.58 Å². The van der Waals surface area contributed by atoms with Crippen molar-refractivity contribution >= 4 is 29.0 Å². The van der Waals surface area contributed by atoms with Gasteiger partial charge in [-0.1, -0.05) is 56.3 Å². The van der Waals surface area contributed by atoms with E-state index in [-0.39, 0.29) is 23.7 Å². The topological polar surface area (TPSA) is 80.9 Å². The first kappa shape index (κ1) is 24.5. The molecule has 0 bridgehead atoms. The van der Waals surface area contributed by atoms with Crippen molar-refractivity contribution in [3.8, 4) is 0 Å². The number of allylic oxidation sites excluding steroid dienone is 4. The van der Waals surface area contributed by atoms with Gasteiger partial charge in [0.2, 0.25) is 5.69 Å². The van der Waals surface area contributed by atoms with Gasteiger partial charge in [-0.25, -0.2) is 0 Å². The van der Waals surface area contributed by atoms with Gasteiger partial charge in [0.15, 0.2) is 12.3 Å². The van der Waals surface area contributed by atoms with Crippen molar-refractivity contribution in [2.45, 2.75) is 51.4 Å².